The SMILES string of the molecule is CCC(C)(C)c1ccc2cc(OP(O)O)c(C(C)(C)CC)cc2c1. The first kappa shape index (κ1) is 19.2. The van der Waals surface area contributed by atoms with E-state index in [1.54, 1.807) is 0 Å². The van der Waals surface area contributed by atoms with Crippen LogP contribution in [0.5, 0.6) is 5.75 Å². The molecule has 0 aliphatic heterocycles. The molecular formula is C20H29O3P. The fourth-order valence-corrected chi connectivity index (χ4v) is 3.11. The van der Waals surface area contributed by atoms with E-state index in [4.69, 9.17) is 4.52 Å². The van der Waals surface area contributed by atoms with Crippen LogP contribution in [0.3, 0.4) is 0 Å². The summed E-state index contributed by atoms with van der Waals surface area (Å²) in [7, 11) is -2.43. The lowest BCUT2D eigenvalue weighted by atomic mass is 9.79. The van der Waals surface area contributed by atoms with Crippen LogP contribution in [0, 0.1) is 0 Å². The minimum Gasteiger partial charge on any atom is -0.427 e. The standard InChI is InChI=1S/C20H29O3P/c1-7-19(3,4)16-10-9-14-13-18(23-24(21)22)17(12-15(14)11-16)20(5,6)8-2/h9-13,21-22H,7-8H2,1-6H3. The largest absolute Gasteiger partial charge is 0.427 e. The Kier molecular flexibility index (Phi) is 5.59. The summed E-state index contributed by atoms with van der Waals surface area (Å²) in [4.78, 5) is 18.6. The second-order valence-corrected chi connectivity index (χ2v) is 8.42. The molecule has 0 atom stereocenters. The third-order valence-corrected chi connectivity index (χ3v) is 5.76. The average Bonchev–Trinajstić information content (AvgIpc) is 2.53. The lowest BCUT2D eigenvalue weighted by Crippen LogP contribution is -2.17. The van der Waals surface area contributed by atoms with Gasteiger partial charge in [0.15, 0.2) is 0 Å². The van der Waals surface area contributed by atoms with Crippen molar-refractivity contribution in [2.24, 2.45) is 0 Å². The van der Waals surface area contributed by atoms with Crippen LogP contribution in [-0.4, -0.2) is 9.79 Å². The van der Waals surface area contributed by atoms with Gasteiger partial charge in [0, 0.05) is 5.56 Å². The monoisotopic (exact) mass is 348 g/mol. The smallest absolute Gasteiger partial charge is 0.391 e. The molecule has 3 nitrogen and oxygen atoms in total. The van der Waals surface area contributed by atoms with Gasteiger partial charge >= 0.3 is 8.60 Å². The summed E-state index contributed by atoms with van der Waals surface area (Å²) >= 11 is 0. The van der Waals surface area contributed by atoms with Gasteiger partial charge in [-0.1, -0.05) is 59.7 Å². The van der Waals surface area contributed by atoms with Gasteiger partial charge in [0.05, 0.1) is 0 Å². The molecule has 0 saturated heterocycles. The Morgan fingerprint density at radius 3 is 2.04 bits per heavy atom. The Labute approximate surface area is 146 Å². The minimum atomic E-state index is -2.43. The van der Waals surface area contributed by atoms with Crippen LogP contribution in [-0.2, 0) is 10.8 Å². The van der Waals surface area contributed by atoms with E-state index >= 15 is 0 Å². The molecule has 2 N–H and O–H groups in total. The highest BCUT2D eigenvalue weighted by atomic mass is 31.2. The summed E-state index contributed by atoms with van der Waals surface area (Å²) < 4.78 is 5.34. The molecule has 0 bridgehead atoms. The van der Waals surface area contributed by atoms with Crippen LogP contribution in [0.1, 0.15) is 65.5 Å². The van der Waals surface area contributed by atoms with E-state index in [9.17, 15) is 9.79 Å². The van der Waals surface area contributed by atoms with Crippen molar-refractivity contribution in [2.45, 2.75) is 65.2 Å². The van der Waals surface area contributed by atoms with Gasteiger partial charge in [0.1, 0.15) is 5.75 Å². The number of hydrogen-bond acceptors (Lipinski definition) is 3. The van der Waals surface area contributed by atoms with Crippen molar-refractivity contribution in [3.8, 4) is 5.75 Å². The van der Waals surface area contributed by atoms with Gasteiger partial charge in [-0.15, -0.1) is 0 Å². The zero-order chi connectivity index (χ0) is 18.1. The molecule has 0 spiro atoms. The second kappa shape index (κ2) is 7.00. The van der Waals surface area contributed by atoms with Crippen molar-refractivity contribution in [3.05, 3.63) is 41.5 Å². The van der Waals surface area contributed by atoms with Gasteiger partial charge in [-0.2, -0.15) is 0 Å². The van der Waals surface area contributed by atoms with Crippen LogP contribution in [0.4, 0.5) is 0 Å². The Balaban J connectivity index is 2.67. The van der Waals surface area contributed by atoms with Crippen molar-refractivity contribution in [1.29, 1.82) is 0 Å². The fourth-order valence-electron chi connectivity index (χ4n) is 2.78. The van der Waals surface area contributed by atoms with E-state index in [-0.39, 0.29) is 10.8 Å². The molecule has 0 aliphatic carbocycles. The molecule has 0 unspecified atom stereocenters. The number of hydrogen-bond donors (Lipinski definition) is 2. The first-order valence-corrected chi connectivity index (χ1v) is 9.72. The van der Waals surface area contributed by atoms with Gasteiger partial charge in [-0.25, -0.2) is 0 Å². The summed E-state index contributed by atoms with van der Waals surface area (Å²) in [5.74, 6) is 0.563. The third kappa shape index (κ3) is 3.91. The highest BCUT2D eigenvalue weighted by Crippen LogP contribution is 2.42. The highest BCUT2D eigenvalue weighted by Gasteiger charge is 2.25. The molecule has 0 saturated carbocycles. The van der Waals surface area contributed by atoms with Crippen molar-refractivity contribution in [2.75, 3.05) is 0 Å². The van der Waals surface area contributed by atoms with E-state index in [2.05, 4.69) is 65.8 Å². The predicted octanol–water partition coefficient (Wildman–Crippen LogP) is 5.81. The van der Waals surface area contributed by atoms with Crippen LogP contribution in [0.2, 0.25) is 0 Å². The molecule has 0 amide bonds. The zero-order valence-corrected chi connectivity index (χ0v) is 16.4. The Morgan fingerprint density at radius 1 is 0.875 bits per heavy atom. The lowest BCUT2D eigenvalue weighted by Gasteiger charge is -2.27. The Bertz CT molecular complexity index is 720. The summed E-state index contributed by atoms with van der Waals surface area (Å²) in [6.45, 7) is 13.2. The highest BCUT2D eigenvalue weighted by molar-refractivity contribution is 7.39. The maximum Gasteiger partial charge on any atom is 0.391 e. The molecule has 0 heterocycles. The van der Waals surface area contributed by atoms with Crippen LogP contribution in [0.15, 0.2) is 30.3 Å². The van der Waals surface area contributed by atoms with Crippen molar-refractivity contribution >= 4 is 19.4 Å². The number of rotatable bonds is 6. The Hall–Kier alpha value is -1.15. The molecule has 24 heavy (non-hydrogen) atoms. The van der Waals surface area contributed by atoms with E-state index in [1.165, 1.54) is 5.56 Å². The van der Waals surface area contributed by atoms with Gasteiger partial charge in [-0.05, 0) is 52.1 Å². The van der Waals surface area contributed by atoms with Gasteiger partial charge in [0.2, 0.25) is 0 Å². The molecule has 0 aliphatic rings. The molecular weight excluding hydrogens is 319 g/mol. The number of fused-ring (bicyclic) bond motifs is 1. The first-order valence-electron chi connectivity index (χ1n) is 8.55. The summed E-state index contributed by atoms with van der Waals surface area (Å²) in [5.41, 5.74) is 2.36. The van der Waals surface area contributed by atoms with Gasteiger partial charge in [-0.3, -0.25) is 0 Å². The quantitative estimate of drug-likeness (QED) is 0.648. The normalized spacial score (nSPS) is 12.9. The topological polar surface area (TPSA) is 49.7 Å². The maximum absolute atomic E-state index is 9.32. The molecule has 0 aromatic heterocycles. The fraction of sp³-hybridized carbons (Fsp3) is 0.500. The molecule has 2 rings (SSSR count). The Morgan fingerprint density at radius 2 is 1.50 bits per heavy atom. The predicted molar refractivity (Wildman–Crippen MR) is 103 cm³/mol. The summed E-state index contributed by atoms with van der Waals surface area (Å²) in [6, 6.07) is 10.6. The average molecular weight is 348 g/mol. The second-order valence-electron chi connectivity index (χ2n) is 7.73. The molecule has 2 aromatic carbocycles. The molecule has 4 heteroatoms. The van der Waals surface area contributed by atoms with E-state index in [1.807, 2.05) is 6.07 Å². The van der Waals surface area contributed by atoms with Crippen molar-refractivity contribution in [3.63, 3.8) is 0 Å². The van der Waals surface area contributed by atoms with E-state index in [0.29, 0.717) is 5.75 Å². The molecule has 0 radical (unpaired) electrons. The van der Waals surface area contributed by atoms with Crippen molar-refractivity contribution in [1.82, 2.24) is 0 Å². The van der Waals surface area contributed by atoms with Crippen LogP contribution in [0.25, 0.3) is 10.8 Å². The molecule has 0 fully saturated rings. The zero-order valence-electron chi connectivity index (χ0n) is 15.6. The van der Waals surface area contributed by atoms with Crippen LogP contribution < -0.4 is 4.52 Å². The van der Waals surface area contributed by atoms with E-state index in [0.717, 1.165) is 29.2 Å². The van der Waals surface area contributed by atoms with Gasteiger partial charge < -0.3 is 14.3 Å². The van der Waals surface area contributed by atoms with Crippen molar-refractivity contribution < 1.29 is 14.3 Å². The van der Waals surface area contributed by atoms with Crippen LogP contribution >= 0.6 is 8.60 Å². The maximum atomic E-state index is 9.32. The third-order valence-electron chi connectivity index (χ3n) is 5.40. The molecule has 132 valence electrons. The molecule has 2 aromatic rings. The lowest BCUT2D eigenvalue weighted by molar-refractivity contribution is 0.367. The van der Waals surface area contributed by atoms with E-state index < -0.39 is 8.60 Å². The summed E-state index contributed by atoms with van der Waals surface area (Å²) in [6.07, 6.45) is 2.01. The first-order chi connectivity index (χ1) is 11.1. The minimum absolute atomic E-state index is 0.106. The number of benzene rings is 2. The summed E-state index contributed by atoms with van der Waals surface area (Å²) in [5, 5.41) is 2.21. The van der Waals surface area contributed by atoms with Gasteiger partial charge in [0.25, 0.3) is 0 Å².